The Hall–Kier alpha value is -5.60. The van der Waals surface area contributed by atoms with Gasteiger partial charge in [-0.25, -0.2) is 0 Å². The van der Waals surface area contributed by atoms with E-state index >= 15 is 0 Å². The summed E-state index contributed by atoms with van der Waals surface area (Å²) in [6.45, 7) is 6.95. The second-order valence-corrected chi connectivity index (χ2v) is 13.1. The van der Waals surface area contributed by atoms with Crippen molar-refractivity contribution in [3.63, 3.8) is 0 Å². The van der Waals surface area contributed by atoms with Gasteiger partial charge in [-0.05, 0) is 94.7 Å². The summed E-state index contributed by atoms with van der Waals surface area (Å²) in [4.78, 5) is 2.38. The lowest BCUT2D eigenvalue weighted by molar-refractivity contribution is 0.660. The molecule has 2 nitrogen and oxygen atoms in total. The molecule has 1 aromatic heterocycles. The fourth-order valence-electron chi connectivity index (χ4n) is 7.85. The molecule has 1 heterocycles. The maximum absolute atomic E-state index is 2.48. The predicted octanol–water partition coefficient (Wildman–Crippen LogP) is 12.0. The molecule has 0 saturated carbocycles. The summed E-state index contributed by atoms with van der Waals surface area (Å²) < 4.78 is 2.48. The van der Waals surface area contributed by atoms with Gasteiger partial charge in [0.05, 0.1) is 16.7 Å². The van der Waals surface area contributed by atoms with Crippen LogP contribution in [-0.2, 0) is 5.41 Å². The number of aryl methyl sites for hydroxylation is 1. The quantitative estimate of drug-likeness (QED) is 0.198. The molecule has 0 N–H and O–H groups in total. The summed E-state index contributed by atoms with van der Waals surface area (Å²) in [5, 5.41) is 5.14. The molecular formula is C44H34N2. The molecule has 7 aromatic carbocycles. The molecule has 0 unspecified atom stereocenters. The van der Waals surface area contributed by atoms with Crippen LogP contribution >= 0.6 is 0 Å². The Bertz CT molecular complexity index is 2410. The first-order valence-corrected chi connectivity index (χ1v) is 16.1. The number of anilines is 3. The summed E-state index contributed by atoms with van der Waals surface area (Å²) in [7, 11) is 0. The zero-order valence-corrected chi connectivity index (χ0v) is 26.3. The summed E-state index contributed by atoms with van der Waals surface area (Å²) >= 11 is 0. The van der Waals surface area contributed by atoms with E-state index in [0.717, 1.165) is 5.69 Å². The van der Waals surface area contributed by atoms with Crippen molar-refractivity contribution in [1.29, 1.82) is 0 Å². The Morgan fingerprint density at radius 1 is 0.478 bits per heavy atom. The van der Waals surface area contributed by atoms with Crippen molar-refractivity contribution in [3.05, 3.63) is 168 Å². The normalized spacial score (nSPS) is 13.3. The molecule has 0 radical (unpaired) electrons. The monoisotopic (exact) mass is 590 g/mol. The Morgan fingerprint density at radius 2 is 1.07 bits per heavy atom. The summed E-state index contributed by atoms with van der Waals surface area (Å²) in [5.74, 6) is 0. The maximum atomic E-state index is 2.48. The molecule has 0 bridgehead atoms. The van der Waals surface area contributed by atoms with Gasteiger partial charge < -0.3 is 9.47 Å². The largest absolute Gasteiger partial charge is 0.310 e. The Labute approximate surface area is 269 Å². The van der Waals surface area contributed by atoms with Gasteiger partial charge in [-0.2, -0.15) is 0 Å². The standard InChI is InChI=1S/C44H34N2/c1-29-14-13-17-31(26-29)45(30-15-5-4-6-16-30)32-24-25-37-38(27-32)44(2,3)39-28-42(35-20-7-8-21-36(35)43(37)39)46-40-22-11-9-18-33(40)34-19-10-12-23-41(34)46/h4-28H,1-3H3. The van der Waals surface area contributed by atoms with Gasteiger partial charge in [-0.3, -0.25) is 0 Å². The zero-order valence-electron chi connectivity index (χ0n) is 26.3. The lowest BCUT2D eigenvalue weighted by Gasteiger charge is -2.28. The summed E-state index contributed by atoms with van der Waals surface area (Å²) in [6, 6.07) is 55.6. The van der Waals surface area contributed by atoms with Crippen molar-refractivity contribution in [2.75, 3.05) is 4.90 Å². The van der Waals surface area contributed by atoms with Gasteiger partial charge in [0.1, 0.15) is 0 Å². The van der Waals surface area contributed by atoms with Crippen LogP contribution in [0.5, 0.6) is 0 Å². The molecule has 2 heteroatoms. The van der Waals surface area contributed by atoms with Crippen molar-refractivity contribution < 1.29 is 0 Å². The van der Waals surface area contributed by atoms with E-state index < -0.39 is 0 Å². The Kier molecular flexibility index (Phi) is 5.79. The van der Waals surface area contributed by atoms with Crippen LogP contribution in [0.25, 0.3) is 49.4 Å². The number of hydrogen-bond donors (Lipinski definition) is 0. The van der Waals surface area contributed by atoms with Gasteiger partial charge in [-0.1, -0.05) is 111 Å². The third-order valence-corrected chi connectivity index (χ3v) is 10.00. The molecule has 0 fully saturated rings. The van der Waals surface area contributed by atoms with Crippen LogP contribution in [0.4, 0.5) is 17.1 Å². The minimum Gasteiger partial charge on any atom is -0.310 e. The van der Waals surface area contributed by atoms with Crippen LogP contribution < -0.4 is 4.90 Å². The van der Waals surface area contributed by atoms with E-state index in [2.05, 4.69) is 182 Å². The number of hydrogen-bond acceptors (Lipinski definition) is 1. The van der Waals surface area contributed by atoms with E-state index in [1.807, 2.05) is 0 Å². The van der Waals surface area contributed by atoms with Gasteiger partial charge in [0, 0.05) is 38.6 Å². The Balaban J connectivity index is 1.30. The number of benzene rings is 7. The van der Waals surface area contributed by atoms with E-state index in [9.17, 15) is 0 Å². The summed E-state index contributed by atoms with van der Waals surface area (Å²) in [5.41, 5.74) is 13.7. The van der Waals surface area contributed by atoms with Crippen molar-refractivity contribution >= 4 is 49.6 Å². The van der Waals surface area contributed by atoms with E-state index in [1.165, 1.54) is 77.5 Å². The Morgan fingerprint density at radius 3 is 1.76 bits per heavy atom. The molecule has 0 aliphatic heterocycles. The first-order valence-electron chi connectivity index (χ1n) is 16.1. The molecule has 1 aliphatic carbocycles. The average molecular weight is 591 g/mol. The summed E-state index contributed by atoms with van der Waals surface area (Å²) in [6.07, 6.45) is 0. The lowest BCUT2D eigenvalue weighted by Crippen LogP contribution is -2.17. The minimum absolute atomic E-state index is 0.201. The molecule has 0 saturated heterocycles. The molecule has 8 aromatic rings. The second kappa shape index (κ2) is 9.95. The van der Waals surface area contributed by atoms with Crippen LogP contribution in [-0.4, -0.2) is 4.57 Å². The van der Waals surface area contributed by atoms with Gasteiger partial charge in [-0.15, -0.1) is 0 Å². The third-order valence-electron chi connectivity index (χ3n) is 10.00. The highest BCUT2D eigenvalue weighted by Gasteiger charge is 2.38. The minimum atomic E-state index is -0.201. The number of rotatable bonds is 4. The van der Waals surface area contributed by atoms with Crippen LogP contribution in [0.3, 0.4) is 0 Å². The van der Waals surface area contributed by atoms with Crippen molar-refractivity contribution in [2.45, 2.75) is 26.2 Å². The first kappa shape index (κ1) is 26.8. The van der Waals surface area contributed by atoms with Gasteiger partial charge >= 0.3 is 0 Å². The highest BCUT2D eigenvalue weighted by molar-refractivity contribution is 6.12. The fourth-order valence-corrected chi connectivity index (χ4v) is 7.85. The molecule has 0 spiro atoms. The predicted molar refractivity (Wildman–Crippen MR) is 195 cm³/mol. The van der Waals surface area contributed by atoms with Gasteiger partial charge in [0.15, 0.2) is 0 Å². The maximum Gasteiger partial charge on any atom is 0.0544 e. The number of para-hydroxylation sites is 3. The molecule has 0 amide bonds. The van der Waals surface area contributed by atoms with Gasteiger partial charge in [0.2, 0.25) is 0 Å². The van der Waals surface area contributed by atoms with Crippen LogP contribution in [0.1, 0.15) is 30.5 Å². The lowest BCUT2D eigenvalue weighted by atomic mass is 9.81. The SMILES string of the molecule is Cc1cccc(N(c2ccccc2)c2ccc3c(c2)C(C)(C)c2cc(-n4c5ccccc5c5ccccc54)c4ccccc4c2-3)c1. The van der Waals surface area contributed by atoms with E-state index in [4.69, 9.17) is 0 Å². The van der Waals surface area contributed by atoms with E-state index in [1.54, 1.807) is 0 Å². The van der Waals surface area contributed by atoms with Crippen LogP contribution in [0.15, 0.2) is 152 Å². The average Bonchev–Trinajstić information content (AvgIpc) is 3.53. The number of nitrogens with zero attached hydrogens (tertiary/aromatic N) is 2. The van der Waals surface area contributed by atoms with Crippen LogP contribution in [0, 0.1) is 6.92 Å². The van der Waals surface area contributed by atoms with Crippen LogP contribution in [0.2, 0.25) is 0 Å². The van der Waals surface area contributed by atoms with Crippen molar-refractivity contribution in [2.24, 2.45) is 0 Å². The highest BCUT2D eigenvalue weighted by Crippen LogP contribution is 2.54. The topological polar surface area (TPSA) is 8.17 Å². The molecule has 9 rings (SSSR count). The first-order chi connectivity index (χ1) is 22.5. The number of fused-ring (bicyclic) bond motifs is 8. The molecule has 1 aliphatic rings. The van der Waals surface area contributed by atoms with E-state index in [0.29, 0.717) is 0 Å². The number of aromatic nitrogens is 1. The highest BCUT2D eigenvalue weighted by atomic mass is 15.1. The third kappa shape index (κ3) is 3.83. The molecule has 220 valence electrons. The van der Waals surface area contributed by atoms with Gasteiger partial charge in [0.25, 0.3) is 0 Å². The van der Waals surface area contributed by atoms with Crippen molar-refractivity contribution in [3.8, 4) is 16.8 Å². The zero-order chi connectivity index (χ0) is 31.0. The molecular weight excluding hydrogens is 556 g/mol. The smallest absolute Gasteiger partial charge is 0.0544 e. The molecule has 0 atom stereocenters. The second-order valence-electron chi connectivity index (χ2n) is 13.1. The van der Waals surface area contributed by atoms with E-state index in [-0.39, 0.29) is 5.41 Å². The molecule has 46 heavy (non-hydrogen) atoms. The van der Waals surface area contributed by atoms with Crippen molar-refractivity contribution in [1.82, 2.24) is 4.57 Å². The fraction of sp³-hybridized carbons (Fsp3) is 0.0909.